The van der Waals surface area contributed by atoms with E-state index in [0.29, 0.717) is 0 Å². The van der Waals surface area contributed by atoms with E-state index in [4.69, 9.17) is 9.15 Å². The van der Waals surface area contributed by atoms with Crippen molar-refractivity contribution in [2.75, 3.05) is 7.05 Å². The number of furan rings is 1. The number of nitrogens with one attached hydrogen (secondary N) is 1. The van der Waals surface area contributed by atoms with Gasteiger partial charge < -0.3 is 14.5 Å². The minimum absolute atomic E-state index is 0.0266. The number of hydrogen-bond donors (Lipinski definition) is 1. The Balaban J connectivity index is 2.38. The lowest BCUT2D eigenvalue weighted by atomic mass is 10.0. The van der Waals surface area contributed by atoms with Gasteiger partial charge in [-0.25, -0.2) is 0 Å². The van der Waals surface area contributed by atoms with Gasteiger partial charge in [0.25, 0.3) is 0 Å². The van der Waals surface area contributed by atoms with Crippen molar-refractivity contribution in [2.45, 2.75) is 26.0 Å². The average molecular weight is 324 g/mol. The van der Waals surface area contributed by atoms with Crippen LogP contribution in [0, 0.1) is 0 Å². The second kappa shape index (κ2) is 6.26. The van der Waals surface area contributed by atoms with Gasteiger partial charge in [0.15, 0.2) is 4.67 Å². The summed E-state index contributed by atoms with van der Waals surface area (Å²) in [7, 11) is 1.91. The Bertz CT molecular complexity index is 536. The summed E-state index contributed by atoms with van der Waals surface area (Å²) in [5.41, 5.74) is 1.07. The monoisotopic (exact) mass is 323 g/mol. The van der Waals surface area contributed by atoms with Crippen LogP contribution >= 0.6 is 15.9 Å². The molecule has 102 valence electrons. The van der Waals surface area contributed by atoms with Gasteiger partial charge in [-0.3, -0.25) is 0 Å². The Hall–Kier alpha value is -1.26. The van der Waals surface area contributed by atoms with Crippen LogP contribution in [0.3, 0.4) is 0 Å². The van der Waals surface area contributed by atoms with Crippen molar-refractivity contribution in [3.8, 4) is 5.75 Å². The predicted molar refractivity (Wildman–Crippen MR) is 79.5 cm³/mol. The molecule has 0 saturated heterocycles. The number of rotatable bonds is 5. The lowest BCUT2D eigenvalue weighted by Gasteiger charge is -2.20. The van der Waals surface area contributed by atoms with Crippen LogP contribution < -0.4 is 10.1 Å². The summed E-state index contributed by atoms with van der Waals surface area (Å²) in [5, 5.41) is 3.27. The van der Waals surface area contributed by atoms with Gasteiger partial charge in [0.05, 0.1) is 12.1 Å². The SMILES string of the molecule is CNC(c1ccc(Br)o1)c1ccccc1OC(C)C. The van der Waals surface area contributed by atoms with Crippen LogP contribution in [0.4, 0.5) is 0 Å². The molecule has 0 amide bonds. The van der Waals surface area contributed by atoms with E-state index >= 15 is 0 Å². The van der Waals surface area contributed by atoms with Crippen LogP contribution in [0.2, 0.25) is 0 Å². The molecule has 1 aromatic carbocycles. The Morgan fingerprint density at radius 2 is 1.89 bits per heavy atom. The van der Waals surface area contributed by atoms with Gasteiger partial charge in [-0.2, -0.15) is 0 Å². The molecule has 0 radical (unpaired) electrons. The summed E-state index contributed by atoms with van der Waals surface area (Å²) >= 11 is 3.34. The van der Waals surface area contributed by atoms with Gasteiger partial charge in [-0.15, -0.1) is 0 Å². The maximum absolute atomic E-state index is 5.86. The molecule has 4 heteroatoms. The van der Waals surface area contributed by atoms with Crippen LogP contribution in [-0.2, 0) is 0 Å². The van der Waals surface area contributed by atoms with E-state index in [1.807, 2.05) is 51.2 Å². The van der Waals surface area contributed by atoms with Crippen molar-refractivity contribution in [3.63, 3.8) is 0 Å². The molecule has 0 bridgehead atoms. The predicted octanol–water partition coefficient (Wildman–Crippen LogP) is 4.14. The summed E-state index contributed by atoms with van der Waals surface area (Å²) in [6.45, 7) is 4.04. The molecule has 0 spiro atoms. The van der Waals surface area contributed by atoms with Crippen molar-refractivity contribution in [2.24, 2.45) is 0 Å². The molecule has 19 heavy (non-hydrogen) atoms. The molecule has 1 heterocycles. The zero-order valence-corrected chi connectivity index (χ0v) is 12.9. The molecule has 2 rings (SSSR count). The fourth-order valence-electron chi connectivity index (χ4n) is 2.01. The highest BCUT2D eigenvalue weighted by Gasteiger charge is 2.20. The Morgan fingerprint density at radius 3 is 2.47 bits per heavy atom. The highest BCUT2D eigenvalue weighted by Crippen LogP contribution is 2.32. The molecule has 0 saturated carbocycles. The van der Waals surface area contributed by atoms with Crippen molar-refractivity contribution >= 4 is 15.9 Å². The molecule has 1 aromatic heterocycles. The van der Waals surface area contributed by atoms with Crippen molar-refractivity contribution in [1.82, 2.24) is 5.32 Å². The topological polar surface area (TPSA) is 34.4 Å². The average Bonchev–Trinajstić information content (AvgIpc) is 2.78. The minimum Gasteiger partial charge on any atom is -0.491 e. The molecule has 0 fully saturated rings. The summed E-state index contributed by atoms with van der Waals surface area (Å²) in [6, 6.07) is 11.8. The fraction of sp³-hybridized carbons (Fsp3) is 0.333. The molecule has 1 atom stereocenters. The maximum atomic E-state index is 5.86. The smallest absolute Gasteiger partial charge is 0.169 e. The number of hydrogen-bond acceptors (Lipinski definition) is 3. The Morgan fingerprint density at radius 1 is 1.16 bits per heavy atom. The lowest BCUT2D eigenvalue weighted by Crippen LogP contribution is -2.19. The number of ether oxygens (including phenoxy) is 1. The Labute approximate surface area is 122 Å². The maximum Gasteiger partial charge on any atom is 0.169 e. The first-order chi connectivity index (χ1) is 9.11. The molecule has 3 nitrogen and oxygen atoms in total. The molecule has 2 aromatic rings. The third-order valence-electron chi connectivity index (χ3n) is 2.76. The van der Waals surface area contributed by atoms with Crippen LogP contribution in [-0.4, -0.2) is 13.2 Å². The zero-order chi connectivity index (χ0) is 13.8. The van der Waals surface area contributed by atoms with E-state index in [1.54, 1.807) is 0 Å². The van der Waals surface area contributed by atoms with Gasteiger partial charge in [-0.1, -0.05) is 18.2 Å². The summed E-state index contributed by atoms with van der Waals surface area (Å²) < 4.78 is 12.2. The van der Waals surface area contributed by atoms with Gasteiger partial charge in [-0.05, 0) is 55.0 Å². The first-order valence-corrected chi connectivity index (χ1v) is 7.09. The zero-order valence-electron chi connectivity index (χ0n) is 11.3. The third kappa shape index (κ3) is 3.39. The van der Waals surface area contributed by atoms with Gasteiger partial charge in [0.1, 0.15) is 11.5 Å². The van der Waals surface area contributed by atoms with E-state index < -0.39 is 0 Å². The lowest BCUT2D eigenvalue weighted by molar-refractivity contribution is 0.238. The largest absolute Gasteiger partial charge is 0.491 e. The summed E-state index contributed by atoms with van der Waals surface area (Å²) in [5.74, 6) is 1.73. The number of benzene rings is 1. The number of para-hydroxylation sites is 1. The first kappa shape index (κ1) is 14.2. The molecule has 1 N–H and O–H groups in total. The highest BCUT2D eigenvalue weighted by molar-refractivity contribution is 9.10. The van der Waals surface area contributed by atoms with Gasteiger partial charge >= 0.3 is 0 Å². The molecule has 0 aliphatic rings. The molecule has 0 aliphatic heterocycles. The van der Waals surface area contributed by atoms with Gasteiger partial charge in [0.2, 0.25) is 0 Å². The second-order valence-corrected chi connectivity index (χ2v) is 5.35. The van der Waals surface area contributed by atoms with E-state index in [-0.39, 0.29) is 12.1 Å². The minimum atomic E-state index is -0.0266. The van der Waals surface area contributed by atoms with Crippen LogP contribution in [0.1, 0.15) is 31.2 Å². The van der Waals surface area contributed by atoms with Crippen molar-refractivity contribution in [3.05, 3.63) is 52.4 Å². The fourth-order valence-corrected chi connectivity index (χ4v) is 2.33. The summed E-state index contributed by atoms with van der Waals surface area (Å²) in [6.07, 6.45) is 0.141. The van der Waals surface area contributed by atoms with Crippen molar-refractivity contribution < 1.29 is 9.15 Å². The Kier molecular flexibility index (Phi) is 4.66. The third-order valence-corrected chi connectivity index (χ3v) is 3.19. The quantitative estimate of drug-likeness (QED) is 0.898. The van der Waals surface area contributed by atoms with Crippen LogP contribution in [0.25, 0.3) is 0 Å². The first-order valence-electron chi connectivity index (χ1n) is 6.30. The molecular formula is C15H18BrNO2. The summed E-state index contributed by atoms with van der Waals surface area (Å²) in [4.78, 5) is 0. The highest BCUT2D eigenvalue weighted by atomic mass is 79.9. The van der Waals surface area contributed by atoms with E-state index in [9.17, 15) is 0 Å². The normalized spacial score (nSPS) is 12.7. The van der Waals surface area contributed by atoms with Crippen LogP contribution in [0.15, 0.2) is 45.5 Å². The molecule has 1 unspecified atom stereocenters. The number of halogens is 1. The second-order valence-electron chi connectivity index (χ2n) is 4.57. The molecular weight excluding hydrogens is 306 g/mol. The van der Waals surface area contributed by atoms with Gasteiger partial charge in [0, 0.05) is 5.56 Å². The van der Waals surface area contributed by atoms with Crippen LogP contribution in [0.5, 0.6) is 5.75 Å². The van der Waals surface area contributed by atoms with E-state index in [1.165, 1.54) is 0 Å². The van der Waals surface area contributed by atoms with E-state index in [2.05, 4.69) is 27.3 Å². The standard InChI is InChI=1S/C15H18BrNO2/c1-10(2)18-12-7-5-4-6-11(12)15(17-3)13-8-9-14(16)19-13/h4-10,15,17H,1-3H3. The van der Waals surface area contributed by atoms with E-state index in [0.717, 1.165) is 21.7 Å². The molecule has 0 aliphatic carbocycles. The van der Waals surface area contributed by atoms with Crippen molar-refractivity contribution in [1.29, 1.82) is 0 Å².